The van der Waals surface area contributed by atoms with Crippen molar-refractivity contribution in [3.05, 3.63) is 29.8 Å². The summed E-state index contributed by atoms with van der Waals surface area (Å²) in [6, 6.07) is 8.08. The maximum Gasteiger partial charge on any atom is 0.176 e. The number of hydrogen-bond acceptors (Lipinski definition) is 3. The van der Waals surface area contributed by atoms with Gasteiger partial charge in [0, 0.05) is 11.6 Å². The van der Waals surface area contributed by atoms with Gasteiger partial charge in [0.15, 0.2) is 5.78 Å². The van der Waals surface area contributed by atoms with Crippen LogP contribution in [0.4, 0.5) is 0 Å². The average molecular weight is 247 g/mol. The number of carbonyl (C=O) groups excluding carboxylic acids is 1. The van der Waals surface area contributed by atoms with Gasteiger partial charge in [-0.05, 0) is 50.6 Å². The predicted octanol–water partition coefficient (Wildman–Crippen LogP) is 2.75. The summed E-state index contributed by atoms with van der Waals surface area (Å²) in [5.74, 6) is 1.02. The lowest BCUT2D eigenvalue weighted by Gasteiger charge is -2.18. The molecule has 3 heteroatoms. The summed E-state index contributed by atoms with van der Waals surface area (Å²) >= 11 is 0. The van der Waals surface area contributed by atoms with Gasteiger partial charge in [0.2, 0.25) is 0 Å². The summed E-state index contributed by atoms with van der Waals surface area (Å²) in [4.78, 5) is 14.4. The van der Waals surface area contributed by atoms with Gasteiger partial charge in [-0.1, -0.05) is 6.92 Å². The standard InChI is InChI=1S/C15H21NO2/c1-3-16(13-7-8-13)11-15(17)12-5-9-14(10-6-12)18-4-2/h5-6,9-10,13H,3-4,7-8,11H2,1-2H3. The van der Waals surface area contributed by atoms with Crippen LogP contribution < -0.4 is 4.74 Å². The Morgan fingerprint density at radius 3 is 2.44 bits per heavy atom. The van der Waals surface area contributed by atoms with E-state index in [2.05, 4.69) is 11.8 Å². The zero-order valence-electron chi connectivity index (χ0n) is 11.2. The first-order valence-electron chi connectivity index (χ1n) is 6.74. The fourth-order valence-corrected chi connectivity index (χ4v) is 2.12. The first-order valence-corrected chi connectivity index (χ1v) is 6.74. The SMILES string of the molecule is CCOc1ccc(C(=O)CN(CC)C2CC2)cc1. The molecule has 1 aromatic carbocycles. The van der Waals surface area contributed by atoms with Crippen molar-refractivity contribution in [1.29, 1.82) is 0 Å². The van der Waals surface area contributed by atoms with Crippen LogP contribution in [0.1, 0.15) is 37.0 Å². The monoisotopic (exact) mass is 247 g/mol. The first-order chi connectivity index (χ1) is 8.74. The van der Waals surface area contributed by atoms with E-state index in [1.807, 2.05) is 31.2 Å². The molecule has 2 rings (SSSR count). The third kappa shape index (κ3) is 3.33. The Morgan fingerprint density at radius 2 is 1.94 bits per heavy atom. The van der Waals surface area contributed by atoms with Gasteiger partial charge >= 0.3 is 0 Å². The highest BCUT2D eigenvalue weighted by atomic mass is 16.5. The summed E-state index contributed by atoms with van der Waals surface area (Å²) < 4.78 is 5.37. The fraction of sp³-hybridized carbons (Fsp3) is 0.533. The fourth-order valence-electron chi connectivity index (χ4n) is 2.12. The van der Waals surface area contributed by atoms with Crippen molar-refractivity contribution >= 4 is 5.78 Å². The Morgan fingerprint density at radius 1 is 1.28 bits per heavy atom. The van der Waals surface area contributed by atoms with Gasteiger partial charge in [-0.3, -0.25) is 9.69 Å². The molecule has 3 nitrogen and oxygen atoms in total. The van der Waals surface area contributed by atoms with Crippen LogP contribution in [-0.4, -0.2) is 36.4 Å². The molecule has 0 unspecified atom stereocenters. The topological polar surface area (TPSA) is 29.5 Å². The van der Waals surface area contributed by atoms with Crippen LogP contribution >= 0.6 is 0 Å². The zero-order chi connectivity index (χ0) is 13.0. The quantitative estimate of drug-likeness (QED) is 0.694. The number of ketones is 1. The normalized spacial score (nSPS) is 14.8. The van der Waals surface area contributed by atoms with E-state index < -0.39 is 0 Å². The second kappa shape index (κ2) is 6.01. The van der Waals surface area contributed by atoms with Crippen LogP contribution in [0, 0.1) is 0 Å². The molecule has 1 aliphatic rings. The zero-order valence-corrected chi connectivity index (χ0v) is 11.2. The van der Waals surface area contributed by atoms with Gasteiger partial charge in [0.05, 0.1) is 13.2 Å². The first kappa shape index (κ1) is 13.1. The van der Waals surface area contributed by atoms with Crippen LogP contribution in [-0.2, 0) is 0 Å². The van der Waals surface area contributed by atoms with Crippen molar-refractivity contribution in [2.75, 3.05) is 19.7 Å². The summed E-state index contributed by atoms with van der Waals surface area (Å²) in [7, 11) is 0. The van der Waals surface area contributed by atoms with E-state index in [1.165, 1.54) is 12.8 Å². The Labute approximate surface area is 109 Å². The Hall–Kier alpha value is -1.35. The Kier molecular flexibility index (Phi) is 4.37. The van der Waals surface area contributed by atoms with Crippen molar-refractivity contribution in [3.8, 4) is 5.75 Å². The molecule has 0 saturated heterocycles. The molecule has 0 heterocycles. The van der Waals surface area contributed by atoms with Crippen molar-refractivity contribution in [3.63, 3.8) is 0 Å². The van der Waals surface area contributed by atoms with Crippen molar-refractivity contribution < 1.29 is 9.53 Å². The second-order valence-corrected chi connectivity index (χ2v) is 4.67. The van der Waals surface area contributed by atoms with Crippen molar-refractivity contribution in [2.24, 2.45) is 0 Å². The number of nitrogens with zero attached hydrogens (tertiary/aromatic N) is 1. The van der Waals surface area contributed by atoms with Gasteiger partial charge in [-0.2, -0.15) is 0 Å². The lowest BCUT2D eigenvalue weighted by Crippen LogP contribution is -2.31. The molecular weight excluding hydrogens is 226 g/mol. The van der Waals surface area contributed by atoms with E-state index in [0.29, 0.717) is 19.2 Å². The number of rotatable bonds is 7. The molecule has 0 N–H and O–H groups in total. The van der Waals surface area contributed by atoms with Crippen LogP contribution in [0.2, 0.25) is 0 Å². The molecule has 0 bridgehead atoms. The van der Waals surface area contributed by atoms with Crippen LogP contribution in [0.5, 0.6) is 5.75 Å². The van der Waals surface area contributed by atoms with E-state index in [0.717, 1.165) is 17.9 Å². The molecule has 0 spiro atoms. The van der Waals surface area contributed by atoms with E-state index in [-0.39, 0.29) is 5.78 Å². The van der Waals surface area contributed by atoms with Crippen LogP contribution in [0.15, 0.2) is 24.3 Å². The second-order valence-electron chi connectivity index (χ2n) is 4.67. The van der Waals surface area contributed by atoms with Crippen LogP contribution in [0.3, 0.4) is 0 Å². The van der Waals surface area contributed by atoms with Crippen molar-refractivity contribution in [1.82, 2.24) is 4.90 Å². The van der Waals surface area contributed by atoms with E-state index in [1.54, 1.807) is 0 Å². The molecule has 1 saturated carbocycles. The molecule has 0 atom stereocenters. The molecule has 0 aliphatic heterocycles. The number of carbonyl (C=O) groups is 1. The molecule has 0 aromatic heterocycles. The predicted molar refractivity (Wildman–Crippen MR) is 72.2 cm³/mol. The molecule has 0 amide bonds. The lowest BCUT2D eigenvalue weighted by molar-refractivity contribution is 0.0928. The van der Waals surface area contributed by atoms with Gasteiger partial charge < -0.3 is 4.74 Å². The van der Waals surface area contributed by atoms with Crippen LogP contribution in [0.25, 0.3) is 0 Å². The highest BCUT2D eigenvalue weighted by molar-refractivity contribution is 5.97. The average Bonchev–Trinajstić information content (AvgIpc) is 3.21. The lowest BCUT2D eigenvalue weighted by atomic mass is 10.1. The summed E-state index contributed by atoms with van der Waals surface area (Å²) in [6.07, 6.45) is 2.48. The van der Waals surface area contributed by atoms with Gasteiger partial charge in [-0.15, -0.1) is 0 Å². The smallest absolute Gasteiger partial charge is 0.176 e. The molecule has 98 valence electrons. The summed E-state index contributed by atoms with van der Waals surface area (Å²) in [6.45, 7) is 6.21. The third-order valence-electron chi connectivity index (χ3n) is 3.30. The minimum atomic E-state index is 0.201. The number of benzene rings is 1. The molecule has 0 radical (unpaired) electrons. The van der Waals surface area contributed by atoms with Crippen molar-refractivity contribution in [2.45, 2.75) is 32.7 Å². The highest BCUT2D eigenvalue weighted by Gasteiger charge is 2.29. The number of Topliss-reactive ketones (excluding diaryl/α,β-unsaturated/α-hetero) is 1. The number of likely N-dealkylation sites (N-methyl/N-ethyl adjacent to an activating group) is 1. The number of hydrogen-bond donors (Lipinski definition) is 0. The molecule has 1 aromatic rings. The minimum Gasteiger partial charge on any atom is -0.494 e. The van der Waals surface area contributed by atoms with Gasteiger partial charge in [0.25, 0.3) is 0 Å². The van der Waals surface area contributed by atoms with Gasteiger partial charge in [-0.25, -0.2) is 0 Å². The van der Waals surface area contributed by atoms with Gasteiger partial charge in [0.1, 0.15) is 5.75 Å². The Bertz CT molecular complexity index is 395. The Balaban J connectivity index is 1.95. The molecule has 1 aliphatic carbocycles. The summed E-state index contributed by atoms with van der Waals surface area (Å²) in [5, 5.41) is 0. The van der Waals surface area contributed by atoms with E-state index >= 15 is 0 Å². The summed E-state index contributed by atoms with van der Waals surface area (Å²) in [5.41, 5.74) is 0.776. The molecular formula is C15H21NO2. The largest absolute Gasteiger partial charge is 0.494 e. The minimum absolute atomic E-state index is 0.201. The maximum absolute atomic E-state index is 12.1. The van der Waals surface area contributed by atoms with E-state index in [9.17, 15) is 4.79 Å². The third-order valence-corrected chi connectivity index (χ3v) is 3.30. The molecule has 1 fully saturated rings. The molecule has 18 heavy (non-hydrogen) atoms. The van der Waals surface area contributed by atoms with E-state index in [4.69, 9.17) is 4.74 Å². The maximum atomic E-state index is 12.1. The number of ether oxygens (including phenoxy) is 1. The highest BCUT2D eigenvalue weighted by Crippen LogP contribution is 2.26.